The largest absolute Gasteiger partial charge is 0.490 e. The number of hydrogen-bond acceptors (Lipinski definition) is 5. The molecule has 1 atom stereocenters. The average Bonchev–Trinajstić information content (AvgIpc) is 3.28. The molecule has 29 heavy (non-hydrogen) atoms. The molecule has 0 aliphatic carbocycles. The SMILES string of the molecule is O=C(NCc1ccccn1)c1ccc(OC2CCN(CC3CCOC3)CC2)cc1. The van der Waals surface area contributed by atoms with Crippen LogP contribution in [0.1, 0.15) is 35.3 Å². The molecule has 0 bridgehead atoms. The smallest absolute Gasteiger partial charge is 0.251 e. The highest BCUT2D eigenvalue weighted by atomic mass is 16.5. The third-order valence-corrected chi connectivity index (χ3v) is 5.65. The van der Waals surface area contributed by atoms with Crippen LogP contribution in [0.15, 0.2) is 48.7 Å². The summed E-state index contributed by atoms with van der Waals surface area (Å²) in [6.45, 7) is 5.56. The number of ether oxygens (including phenoxy) is 2. The normalized spacial score (nSPS) is 20.5. The molecular weight excluding hydrogens is 366 g/mol. The molecule has 1 unspecified atom stereocenters. The number of benzene rings is 1. The molecule has 0 saturated carbocycles. The van der Waals surface area contributed by atoms with E-state index >= 15 is 0 Å². The van der Waals surface area contributed by atoms with Gasteiger partial charge in [-0.1, -0.05) is 6.07 Å². The number of carbonyl (C=O) groups is 1. The Bertz CT molecular complexity index is 768. The Labute approximate surface area is 172 Å². The van der Waals surface area contributed by atoms with E-state index in [1.807, 2.05) is 42.5 Å². The highest BCUT2D eigenvalue weighted by Crippen LogP contribution is 2.22. The van der Waals surface area contributed by atoms with Crippen molar-refractivity contribution in [2.45, 2.75) is 31.9 Å². The molecule has 2 aromatic rings. The van der Waals surface area contributed by atoms with E-state index in [4.69, 9.17) is 9.47 Å². The lowest BCUT2D eigenvalue weighted by Crippen LogP contribution is -2.40. The number of nitrogens with zero attached hydrogens (tertiary/aromatic N) is 2. The fourth-order valence-corrected chi connectivity index (χ4v) is 3.96. The maximum Gasteiger partial charge on any atom is 0.251 e. The molecule has 6 heteroatoms. The number of piperidine rings is 1. The molecule has 0 spiro atoms. The first-order chi connectivity index (χ1) is 14.3. The van der Waals surface area contributed by atoms with E-state index in [2.05, 4.69) is 15.2 Å². The summed E-state index contributed by atoms with van der Waals surface area (Å²) in [5, 5.41) is 2.89. The molecular formula is C23H29N3O3. The lowest BCUT2D eigenvalue weighted by molar-refractivity contribution is 0.0880. The average molecular weight is 396 g/mol. The van der Waals surface area contributed by atoms with Gasteiger partial charge in [-0.3, -0.25) is 9.78 Å². The molecule has 4 rings (SSSR count). The van der Waals surface area contributed by atoms with Gasteiger partial charge in [0.15, 0.2) is 0 Å². The van der Waals surface area contributed by atoms with Gasteiger partial charge in [0.1, 0.15) is 11.9 Å². The van der Waals surface area contributed by atoms with Gasteiger partial charge in [0, 0.05) is 38.0 Å². The van der Waals surface area contributed by atoms with E-state index in [1.54, 1.807) is 6.20 Å². The van der Waals surface area contributed by atoms with Gasteiger partial charge in [-0.05, 0) is 61.6 Å². The second-order valence-corrected chi connectivity index (χ2v) is 7.88. The Hall–Kier alpha value is -2.44. The summed E-state index contributed by atoms with van der Waals surface area (Å²) in [7, 11) is 0. The molecule has 1 amide bonds. The van der Waals surface area contributed by atoms with Crippen molar-refractivity contribution in [1.82, 2.24) is 15.2 Å². The van der Waals surface area contributed by atoms with Crippen LogP contribution in [-0.4, -0.2) is 54.7 Å². The Morgan fingerprint density at radius 3 is 2.66 bits per heavy atom. The Morgan fingerprint density at radius 1 is 1.14 bits per heavy atom. The number of amides is 1. The first-order valence-corrected chi connectivity index (χ1v) is 10.5. The molecule has 2 fully saturated rings. The summed E-state index contributed by atoms with van der Waals surface area (Å²) in [5.41, 5.74) is 1.47. The van der Waals surface area contributed by atoms with Crippen molar-refractivity contribution in [3.8, 4) is 5.75 Å². The fourth-order valence-electron chi connectivity index (χ4n) is 3.96. The second kappa shape index (κ2) is 9.85. The third kappa shape index (κ3) is 5.78. The molecule has 6 nitrogen and oxygen atoms in total. The van der Waals surface area contributed by atoms with Crippen molar-refractivity contribution in [2.75, 3.05) is 32.8 Å². The van der Waals surface area contributed by atoms with Gasteiger partial charge in [-0.25, -0.2) is 0 Å². The molecule has 2 aliphatic rings. The first kappa shape index (κ1) is 19.9. The number of rotatable bonds is 7. The standard InChI is InChI=1S/C23H29N3O3/c27-23(25-15-20-3-1-2-11-24-20)19-4-6-21(7-5-19)29-22-8-12-26(13-9-22)16-18-10-14-28-17-18/h1-7,11,18,22H,8-10,12-17H2,(H,25,27). The predicted molar refractivity (Wildman–Crippen MR) is 111 cm³/mol. The van der Waals surface area contributed by atoms with Crippen molar-refractivity contribution in [1.29, 1.82) is 0 Å². The molecule has 1 aromatic carbocycles. The number of hydrogen-bond donors (Lipinski definition) is 1. The van der Waals surface area contributed by atoms with Crippen LogP contribution in [0, 0.1) is 5.92 Å². The first-order valence-electron chi connectivity index (χ1n) is 10.5. The van der Waals surface area contributed by atoms with Crippen LogP contribution in [0.3, 0.4) is 0 Å². The minimum atomic E-state index is -0.105. The summed E-state index contributed by atoms with van der Waals surface area (Å²) in [6.07, 6.45) is 5.24. The monoisotopic (exact) mass is 395 g/mol. The van der Waals surface area contributed by atoms with E-state index in [1.165, 1.54) is 6.42 Å². The highest BCUT2D eigenvalue weighted by Gasteiger charge is 2.24. The van der Waals surface area contributed by atoms with Crippen molar-refractivity contribution < 1.29 is 14.3 Å². The third-order valence-electron chi connectivity index (χ3n) is 5.65. The zero-order valence-electron chi connectivity index (χ0n) is 16.8. The summed E-state index contributed by atoms with van der Waals surface area (Å²) in [5.74, 6) is 1.42. The molecule has 2 saturated heterocycles. The number of pyridine rings is 1. The quantitative estimate of drug-likeness (QED) is 0.781. The minimum absolute atomic E-state index is 0.105. The molecule has 1 aromatic heterocycles. The topological polar surface area (TPSA) is 63.7 Å². The van der Waals surface area contributed by atoms with Crippen LogP contribution in [0.4, 0.5) is 0 Å². The van der Waals surface area contributed by atoms with Crippen molar-refractivity contribution in [3.63, 3.8) is 0 Å². The van der Waals surface area contributed by atoms with E-state index in [0.717, 1.165) is 57.1 Å². The summed E-state index contributed by atoms with van der Waals surface area (Å²) >= 11 is 0. The van der Waals surface area contributed by atoms with E-state index in [9.17, 15) is 4.79 Å². The minimum Gasteiger partial charge on any atom is -0.490 e. The lowest BCUT2D eigenvalue weighted by atomic mass is 10.0. The van der Waals surface area contributed by atoms with Gasteiger partial charge >= 0.3 is 0 Å². The van der Waals surface area contributed by atoms with Crippen LogP contribution < -0.4 is 10.1 Å². The molecule has 1 N–H and O–H groups in total. The molecule has 0 radical (unpaired) electrons. The van der Waals surface area contributed by atoms with Crippen LogP contribution in [0.25, 0.3) is 0 Å². The number of likely N-dealkylation sites (tertiary alicyclic amines) is 1. The van der Waals surface area contributed by atoms with Crippen molar-refractivity contribution in [2.24, 2.45) is 5.92 Å². The zero-order valence-corrected chi connectivity index (χ0v) is 16.8. The predicted octanol–water partition coefficient (Wildman–Crippen LogP) is 2.89. The zero-order chi connectivity index (χ0) is 19.9. The van der Waals surface area contributed by atoms with Gasteiger partial charge in [0.2, 0.25) is 0 Å². The second-order valence-electron chi connectivity index (χ2n) is 7.88. The molecule has 2 aliphatic heterocycles. The summed E-state index contributed by atoms with van der Waals surface area (Å²) in [4.78, 5) is 19.1. The van der Waals surface area contributed by atoms with Gasteiger partial charge in [0.25, 0.3) is 5.91 Å². The van der Waals surface area contributed by atoms with Crippen LogP contribution in [-0.2, 0) is 11.3 Å². The van der Waals surface area contributed by atoms with Crippen LogP contribution in [0.5, 0.6) is 5.75 Å². The van der Waals surface area contributed by atoms with E-state index < -0.39 is 0 Å². The van der Waals surface area contributed by atoms with Crippen LogP contribution >= 0.6 is 0 Å². The fraction of sp³-hybridized carbons (Fsp3) is 0.478. The highest BCUT2D eigenvalue weighted by molar-refractivity contribution is 5.94. The maximum atomic E-state index is 12.3. The Morgan fingerprint density at radius 2 is 1.97 bits per heavy atom. The van der Waals surface area contributed by atoms with E-state index in [-0.39, 0.29) is 12.0 Å². The van der Waals surface area contributed by atoms with Gasteiger partial charge in [-0.2, -0.15) is 0 Å². The van der Waals surface area contributed by atoms with Gasteiger partial charge in [0.05, 0.1) is 18.8 Å². The number of aromatic nitrogens is 1. The molecule has 3 heterocycles. The molecule has 154 valence electrons. The maximum absolute atomic E-state index is 12.3. The lowest BCUT2D eigenvalue weighted by Gasteiger charge is -2.33. The summed E-state index contributed by atoms with van der Waals surface area (Å²) < 4.78 is 11.6. The van der Waals surface area contributed by atoms with Crippen molar-refractivity contribution in [3.05, 3.63) is 59.9 Å². The Balaban J connectivity index is 1.21. The number of carbonyl (C=O) groups excluding carboxylic acids is 1. The van der Waals surface area contributed by atoms with Crippen LogP contribution in [0.2, 0.25) is 0 Å². The van der Waals surface area contributed by atoms with Gasteiger partial charge < -0.3 is 19.7 Å². The number of nitrogens with one attached hydrogen (secondary N) is 1. The van der Waals surface area contributed by atoms with Crippen molar-refractivity contribution >= 4 is 5.91 Å². The van der Waals surface area contributed by atoms with E-state index in [0.29, 0.717) is 18.0 Å². The van der Waals surface area contributed by atoms with Gasteiger partial charge in [-0.15, -0.1) is 0 Å². The Kier molecular flexibility index (Phi) is 6.75. The summed E-state index contributed by atoms with van der Waals surface area (Å²) in [6, 6.07) is 13.1.